The Kier molecular flexibility index (Phi) is 4.77. The number of carbonyl (C=O) groups is 1. The van der Waals surface area contributed by atoms with E-state index in [2.05, 4.69) is 19.7 Å². The minimum Gasteiger partial charge on any atom is -0.342 e. The predicted octanol–water partition coefficient (Wildman–Crippen LogP) is 3.54. The van der Waals surface area contributed by atoms with Crippen LogP contribution in [0.4, 0.5) is 5.69 Å². The van der Waals surface area contributed by atoms with Crippen LogP contribution in [0.1, 0.15) is 54.8 Å². The molecule has 0 radical (unpaired) electrons. The summed E-state index contributed by atoms with van der Waals surface area (Å²) in [4.78, 5) is 22.7. The van der Waals surface area contributed by atoms with E-state index in [1.807, 2.05) is 36.1 Å². The molecule has 5 rings (SSSR count). The topological polar surface area (TPSA) is 108 Å². The van der Waals surface area contributed by atoms with Crippen LogP contribution in [0.25, 0.3) is 11.0 Å². The molecule has 31 heavy (non-hydrogen) atoms. The number of hydrogen-bond donors (Lipinski definition) is 2. The quantitative estimate of drug-likeness (QED) is 0.652. The zero-order valence-corrected chi connectivity index (χ0v) is 17.9. The van der Waals surface area contributed by atoms with E-state index in [0.717, 1.165) is 36.8 Å². The number of amides is 1. The van der Waals surface area contributed by atoms with Crippen LogP contribution in [0.3, 0.4) is 0 Å². The third-order valence-corrected chi connectivity index (χ3v) is 7.11. The molecule has 2 aliphatic heterocycles. The lowest BCUT2D eigenvalue weighted by atomic mass is 10.1. The molecule has 1 fully saturated rings. The molecule has 0 bridgehead atoms. The fraction of sp³-hybridized carbons (Fsp3) is 0.318. The number of anilines is 1. The number of H-pyrrole nitrogens is 1. The number of amidine groups is 1. The van der Waals surface area contributed by atoms with Crippen LogP contribution in [0.5, 0.6) is 0 Å². The van der Waals surface area contributed by atoms with E-state index < -0.39 is 10.0 Å². The maximum absolute atomic E-state index is 12.9. The number of benzene rings is 2. The van der Waals surface area contributed by atoms with E-state index in [-0.39, 0.29) is 22.4 Å². The third-order valence-electron chi connectivity index (χ3n) is 5.78. The average molecular weight is 438 g/mol. The van der Waals surface area contributed by atoms with Crippen molar-refractivity contribution >= 4 is 38.5 Å². The number of fused-ring (bicyclic) bond motifs is 4. The van der Waals surface area contributed by atoms with Gasteiger partial charge in [-0.2, -0.15) is 8.42 Å². The Balaban J connectivity index is 1.42. The predicted molar refractivity (Wildman–Crippen MR) is 119 cm³/mol. The Morgan fingerprint density at radius 1 is 1.16 bits per heavy atom. The highest BCUT2D eigenvalue weighted by atomic mass is 32.2. The molecule has 3 aromatic rings. The normalized spacial score (nSPS) is 18.5. The summed E-state index contributed by atoms with van der Waals surface area (Å²) in [5.41, 5.74) is 2.60. The van der Waals surface area contributed by atoms with Gasteiger partial charge in [0.05, 0.1) is 22.8 Å². The van der Waals surface area contributed by atoms with Gasteiger partial charge in [-0.3, -0.25) is 4.79 Å². The Hall–Kier alpha value is -3.20. The van der Waals surface area contributed by atoms with E-state index in [4.69, 9.17) is 0 Å². The number of aromatic nitrogens is 2. The first kappa shape index (κ1) is 19.7. The summed E-state index contributed by atoms with van der Waals surface area (Å²) >= 11 is 0. The van der Waals surface area contributed by atoms with Gasteiger partial charge in [0, 0.05) is 18.5 Å². The molecule has 1 saturated heterocycles. The van der Waals surface area contributed by atoms with Crippen molar-refractivity contribution in [2.24, 2.45) is 4.40 Å². The fourth-order valence-electron chi connectivity index (χ4n) is 4.15. The van der Waals surface area contributed by atoms with Gasteiger partial charge in [0.2, 0.25) is 0 Å². The highest BCUT2D eigenvalue weighted by Gasteiger charge is 2.32. The molecule has 2 aromatic carbocycles. The molecule has 0 unspecified atom stereocenters. The summed E-state index contributed by atoms with van der Waals surface area (Å²) in [6, 6.07) is 12.1. The second-order valence-electron chi connectivity index (χ2n) is 7.96. The van der Waals surface area contributed by atoms with Gasteiger partial charge in [0.1, 0.15) is 16.6 Å². The van der Waals surface area contributed by atoms with Crippen LogP contribution in [-0.2, 0) is 10.0 Å². The van der Waals surface area contributed by atoms with E-state index in [1.165, 1.54) is 6.07 Å². The summed E-state index contributed by atoms with van der Waals surface area (Å²) in [5, 5.41) is 2.90. The van der Waals surface area contributed by atoms with Gasteiger partial charge in [-0.1, -0.05) is 18.6 Å². The minimum absolute atomic E-state index is 0.0854. The summed E-state index contributed by atoms with van der Waals surface area (Å²) in [6.45, 7) is 2.56. The Morgan fingerprint density at radius 3 is 2.84 bits per heavy atom. The standard InChI is InChI=1S/C22H23N5O3S/c1-14(21-24-16-7-4-5-8-17(16)25-21)23-22(28)15-10-11-18-19(13-15)31(29,30)26-20-9-3-2-6-12-27(18)20/h4-5,7-8,10-11,13-14H,2-3,6,9,12H2,1H3,(H,23,28)(H,24,25)/t14-/m0/s1. The van der Waals surface area contributed by atoms with Crippen LogP contribution >= 0.6 is 0 Å². The van der Waals surface area contributed by atoms with Gasteiger partial charge < -0.3 is 15.2 Å². The van der Waals surface area contributed by atoms with Gasteiger partial charge in [0.15, 0.2) is 0 Å². The van der Waals surface area contributed by atoms with Gasteiger partial charge in [0.25, 0.3) is 15.9 Å². The molecule has 2 aliphatic rings. The second-order valence-corrected chi connectivity index (χ2v) is 9.53. The summed E-state index contributed by atoms with van der Waals surface area (Å²) in [5.74, 6) is 0.872. The fourth-order valence-corrected chi connectivity index (χ4v) is 5.43. The monoisotopic (exact) mass is 437 g/mol. The third kappa shape index (κ3) is 3.59. The molecule has 0 saturated carbocycles. The lowest BCUT2D eigenvalue weighted by Gasteiger charge is -2.29. The van der Waals surface area contributed by atoms with Crippen molar-refractivity contribution in [3.05, 3.63) is 53.9 Å². The van der Waals surface area contributed by atoms with Crippen LogP contribution < -0.4 is 10.2 Å². The van der Waals surface area contributed by atoms with Crippen molar-refractivity contribution in [1.82, 2.24) is 15.3 Å². The van der Waals surface area contributed by atoms with Gasteiger partial charge >= 0.3 is 0 Å². The summed E-state index contributed by atoms with van der Waals surface area (Å²) in [7, 11) is -3.83. The van der Waals surface area contributed by atoms with E-state index in [1.54, 1.807) is 12.1 Å². The van der Waals surface area contributed by atoms with E-state index in [0.29, 0.717) is 23.8 Å². The molecule has 160 valence electrons. The van der Waals surface area contributed by atoms with Crippen LogP contribution in [0, 0.1) is 0 Å². The van der Waals surface area contributed by atoms with Crippen molar-refractivity contribution in [2.75, 3.05) is 11.4 Å². The molecule has 3 heterocycles. The number of sulfonamides is 1. The average Bonchev–Trinajstić information content (AvgIpc) is 3.06. The SMILES string of the molecule is C[C@H](NC(=O)c1ccc2c(c1)S(=O)(=O)N=C1CCCCCN12)c1nc2ccccc2[nH]1. The summed E-state index contributed by atoms with van der Waals surface area (Å²) in [6.07, 6.45) is 3.61. The molecule has 1 aromatic heterocycles. The zero-order valence-electron chi connectivity index (χ0n) is 17.1. The molecule has 0 spiro atoms. The molecular formula is C22H23N5O3S. The van der Waals surface area contributed by atoms with Crippen molar-refractivity contribution in [2.45, 2.75) is 43.5 Å². The highest BCUT2D eigenvalue weighted by molar-refractivity contribution is 7.90. The Labute approximate surface area is 180 Å². The van der Waals surface area contributed by atoms with Crippen LogP contribution in [0.2, 0.25) is 0 Å². The number of hydrogen-bond acceptors (Lipinski definition) is 5. The van der Waals surface area contributed by atoms with E-state index in [9.17, 15) is 13.2 Å². The maximum atomic E-state index is 12.9. The Morgan fingerprint density at radius 2 is 2.00 bits per heavy atom. The highest BCUT2D eigenvalue weighted by Crippen LogP contribution is 2.35. The van der Waals surface area contributed by atoms with Crippen molar-refractivity contribution in [1.29, 1.82) is 0 Å². The molecule has 8 nitrogen and oxygen atoms in total. The summed E-state index contributed by atoms with van der Waals surface area (Å²) < 4.78 is 29.6. The molecule has 0 aliphatic carbocycles. The molecular weight excluding hydrogens is 414 g/mol. The zero-order chi connectivity index (χ0) is 21.6. The number of carbonyl (C=O) groups excluding carboxylic acids is 1. The first-order valence-electron chi connectivity index (χ1n) is 10.4. The molecule has 9 heteroatoms. The number of para-hydroxylation sites is 2. The van der Waals surface area contributed by atoms with Crippen LogP contribution in [-0.4, -0.2) is 36.7 Å². The van der Waals surface area contributed by atoms with Crippen molar-refractivity contribution in [3.63, 3.8) is 0 Å². The second kappa shape index (κ2) is 7.49. The first-order chi connectivity index (χ1) is 14.9. The number of nitrogens with one attached hydrogen (secondary N) is 2. The maximum Gasteiger partial charge on any atom is 0.286 e. The number of aromatic amines is 1. The number of imidazole rings is 1. The first-order valence-corrected chi connectivity index (χ1v) is 11.9. The molecule has 2 N–H and O–H groups in total. The molecule has 1 amide bonds. The molecule has 1 atom stereocenters. The van der Waals surface area contributed by atoms with Gasteiger partial charge in [-0.15, -0.1) is 4.40 Å². The van der Waals surface area contributed by atoms with Crippen molar-refractivity contribution < 1.29 is 13.2 Å². The van der Waals surface area contributed by atoms with Crippen molar-refractivity contribution in [3.8, 4) is 0 Å². The minimum atomic E-state index is -3.83. The largest absolute Gasteiger partial charge is 0.342 e. The van der Waals surface area contributed by atoms with Gasteiger partial charge in [-0.25, -0.2) is 4.98 Å². The van der Waals surface area contributed by atoms with Crippen LogP contribution in [0.15, 0.2) is 51.8 Å². The lowest BCUT2D eigenvalue weighted by Crippen LogP contribution is -2.35. The number of rotatable bonds is 3. The van der Waals surface area contributed by atoms with Gasteiger partial charge in [-0.05, 0) is 50.1 Å². The van der Waals surface area contributed by atoms with E-state index >= 15 is 0 Å². The smallest absolute Gasteiger partial charge is 0.286 e. The Bertz CT molecular complexity index is 1280. The number of nitrogens with zero attached hydrogens (tertiary/aromatic N) is 3. The lowest BCUT2D eigenvalue weighted by molar-refractivity contribution is 0.0938.